The number of hydrogen-bond acceptors (Lipinski definition) is 13. The van der Waals surface area contributed by atoms with Crippen LogP contribution < -0.4 is 11.5 Å². The summed E-state index contributed by atoms with van der Waals surface area (Å²) in [5.74, 6) is -0.764. The fraction of sp³-hybridized carbons (Fsp3) is 0.321. The van der Waals surface area contributed by atoms with Gasteiger partial charge in [0.25, 0.3) is 0 Å². The quantitative estimate of drug-likeness (QED) is 0.0808. The third-order valence-electron chi connectivity index (χ3n) is 14.6. The Hall–Kier alpha value is -8.14. The second-order valence-electron chi connectivity index (χ2n) is 19.5. The molecule has 6 heterocycles. The number of aromatic nitrogens is 8. The van der Waals surface area contributed by atoms with Gasteiger partial charge in [0.05, 0.1) is 63.7 Å². The van der Waals surface area contributed by atoms with E-state index in [2.05, 4.69) is 20.2 Å². The molecule has 0 bridgehead atoms. The number of nitrogens with two attached hydrogens (primary N) is 2. The number of carbonyl (C=O) groups excluding carboxylic acids is 3. The second kappa shape index (κ2) is 19.9. The number of nitrogens with zero attached hydrogens (tertiary/aromatic N) is 8. The molecule has 2 aromatic carbocycles. The maximum absolute atomic E-state index is 12.7. The number of ether oxygens (including phenoxy) is 1. The lowest BCUT2D eigenvalue weighted by Gasteiger charge is -2.35. The number of pyridine rings is 2. The zero-order valence-corrected chi connectivity index (χ0v) is 41.1. The van der Waals surface area contributed by atoms with E-state index in [4.69, 9.17) is 26.2 Å². The summed E-state index contributed by atoms with van der Waals surface area (Å²) in [4.78, 5) is 68.7. The molecule has 0 radical (unpaired) electrons. The van der Waals surface area contributed by atoms with E-state index >= 15 is 0 Å². The van der Waals surface area contributed by atoms with E-state index in [1.165, 1.54) is 22.9 Å². The smallest absolute Gasteiger partial charge is 0.311 e. The van der Waals surface area contributed by atoms with Crippen molar-refractivity contribution in [3.8, 4) is 44.8 Å². The monoisotopic (exact) mass is 966 g/mol. The molecule has 72 heavy (non-hydrogen) atoms. The summed E-state index contributed by atoms with van der Waals surface area (Å²) in [5.41, 5.74) is 22.0. The number of Topliss-reactive ketones (excluding diaryl/α,β-unsaturated/α-hetero) is 2. The molecule has 5 N–H and O–H groups in total. The third kappa shape index (κ3) is 9.31. The summed E-state index contributed by atoms with van der Waals surface area (Å²) in [5, 5.41) is 18.5. The van der Waals surface area contributed by atoms with Crippen molar-refractivity contribution in [1.82, 2.24) is 39.2 Å². The van der Waals surface area contributed by atoms with Crippen molar-refractivity contribution in [2.75, 3.05) is 18.1 Å². The maximum atomic E-state index is 12.7. The maximum Gasteiger partial charge on any atom is 0.311 e. The summed E-state index contributed by atoms with van der Waals surface area (Å²) in [6.07, 6.45) is 12.1. The summed E-state index contributed by atoms with van der Waals surface area (Å²) in [7, 11) is 0. The highest BCUT2D eigenvalue weighted by molar-refractivity contribution is 6.01. The molecule has 6 aromatic heterocycles. The highest BCUT2D eigenvalue weighted by atomic mass is 16.5. The lowest BCUT2D eigenvalue weighted by Crippen LogP contribution is -2.34. The van der Waals surface area contributed by atoms with Gasteiger partial charge < -0.3 is 21.3 Å². The van der Waals surface area contributed by atoms with Crippen molar-refractivity contribution in [2.45, 2.75) is 97.8 Å². The summed E-state index contributed by atoms with van der Waals surface area (Å²) < 4.78 is 8.35. The molecule has 16 nitrogen and oxygen atoms in total. The lowest BCUT2D eigenvalue weighted by atomic mass is 9.70. The third-order valence-corrected chi connectivity index (χ3v) is 14.6. The molecule has 368 valence electrons. The number of ketones is 2. The molecule has 8 aromatic rings. The van der Waals surface area contributed by atoms with Crippen molar-refractivity contribution in [2.24, 2.45) is 10.8 Å². The molecule has 2 aliphatic carbocycles. The highest BCUT2D eigenvalue weighted by Crippen LogP contribution is 2.46. The Morgan fingerprint density at radius 3 is 1.35 bits per heavy atom. The van der Waals surface area contributed by atoms with E-state index < -0.39 is 16.8 Å². The Balaban J connectivity index is 0.000000178. The van der Waals surface area contributed by atoms with Crippen LogP contribution in [0.5, 0.6) is 0 Å². The topological polar surface area (TPSA) is 236 Å². The molecule has 0 amide bonds. The SMILES string of the molecule is CC(=O)c1c(C2CCC(C)(C(=O)O)CC2)nc2c(-c3ccc(-c4ccccc4)nc3)cnn2c1N.CCOC(=O)C1(C)CCC(c2nc3c(-c4ccc(-c5ccccc5)nc4)cnn3c(N)c2C(C)=O)CC1. The molecule has 2 aliphatic rings. The molecule has 0 atom stereocenters. The minimum atomic E-state index is -0.782. The van der Waals surface area contributed by atoms with Gasteiger partial charge in [0.1, 0.15) is 11.6 Å². The van der Waals surface area contributed by atoms with Crippen molar-refractivity contribution in [1.29, 1.82) is 0 Å². The molecule has 0 saturated heterocycles. The number of carbonyl (C=O) groups is 4. The highest BCUT2D eigenvalue weighted by Gasteiger charge is 2.42. The Morgan fingerprint density at radius 1 is 0.597 bits per heavy atom. The predicted octanol–water partition coefficient (Wildman–Crippen LogP) is 10.5. The summed E-state index contributed by atoms with van der Waals surface area (Å²) >= 11 is 0. The first kappa shape index (κ1) is 48.9. The average Bonchev–Trinajstić information content (AvgIpc) is 4.03. The number of hydrogen-bond donors (Lipinski definition) is 3. The predicted molar refractivity (Wildman–Crippen MR) is 275 cm³/mol. The van der Waals surface area contributed by atoms with E-state index in [1.54, 1.807) is 31.7 Å². The first-order chi connectivity index (χ1) is 34.6. The van der Waals surface area contributed by atoms with Crippen LogP contribution in [0, 0.1) is 10.8 Å². The number of carboxylic acid groups (broad SMARTS) is 1. The van der Waals surface area contributed by atoms with E-state index in [9.17, 15) is 24.3 Å². The van der Waals surface area contributed by atoms with Crippen LogP contribution >= 0.6 is 0 Å². The van der Waals surface area contributed by atoms with Crippen molar-refractivity contribution in [3.63, 3.8) is 0 Å². The lowest BCUT2D eigenvalue weighted by molar-refractivity contribution is -0.156. The standard InChI is InChI=1S/C29H31N5O3.C27H27N5O3/c1-4-37-28(36)29(3)14-12-20(13-15-29)25-24(18(2)35)26(30)34-27(33-25)22(17-32-34)21-10-11-23(31-16-21)19-8-6-5-7-9-19;1-16(33)22-23(18-10-12-27(2,13-11-18)26(34)35)31-25-20(15-30-32(25)24(22)28)19-8-9-21(29-14-19)17-6-4-3-5-7-17/h5-11,16-17,20H,4,12-15,30H2,1-3H3;3-9,14-15,18H,10-13,28H2,1-2H3,(H,34,35). The van der Waals surface area contributed by atoms with Crippen LogP contribution in [-0.2, 0) is 14.3 Å². The van der Waals surface area contributed by atoms with E-state index in [0.717, 1.165) is 57.6 Å². The Kier molecular flexibility index (Phi) is 13.5. The van der Waals surface area contributed by atoms with Gasteiger partial charge in [-0.3, -0.25) is 29.1 Å². The first-order valence-electron chi connectivity index (χ1n) is 24.4. The van der Waals surface area contributed by atoms with Crippen molar-refractivity contribution >= 4 is 46.4 Å². The summed E-state index contributed by atoms with van der Waals surface area (Å²) in [6, 6.07) is 27.8. The van der Waals surface area contributed by atoms with Crippen molar-refractivity contribution in [3.05, 3.63) is 132 Å². The zero-order valence-electron chi connectivity index (χ0n) is 41.1. The fourth-order valence-corrected chi connectivity index (χ4v) is 10.2. The molecule has 0 spiro atoms. The Labute approximate surface area is 416 Å². The van der Waals surface area contributed by atoms with Crippen LogP contribution in [0.3, 0.4) is 0 Å². The number of nitrogen functional groups attached to an aromatic ring is 2. The molecular formula is C56H58N10O6. The van der Waals surface area contributed by atoms with Crippen LogP contribution in [-0.4, -0.2) is 74.4 Å². The zero-order chi connectivity index (χ0) is 50.9. The van der Waals surface area contributed by atoms with Gasteiger partial charge >= 0.3 is 11.9 Å². The van der Waals surface area contributed by atoms with E-state index in [0.29, 0.717) is 78.9 Å². The van der Waals surface area contributed by atoms with Crippen molar-refractivity contribution < 1.29 is 29.0 Å². The number of carboxylic acids is 1. The fourth-order valence-electron chi connectivity index (χ4n) is 10.2. The largest absolute Gasteiger partial charge is 0.481 e. The minimum absolute atomic E-state index is 0.00929. The van der Waals surface area contributed by atoms with Crippen LogP contribution in [0.15, 0.2) is 110 Å². The van der Waals surface area contributed by atoms with Crippen LogP contribution in [0.25, 0.3) is 56.1 Å². The van der Waals surface area contributed by atoms with Crippen LogP contribution in [0.4, 0.5) is 11.6 Å². The summed E-state index contributed by atoms with van der Waals surface area (Å²) in [6.45, 7) is 8.91. The number of benzene rings is 2. The molecule has 2 fully saturated rings. The molecular weight excluding hydrogens is 909 g/mol. The number of fused-ring (bicyclic) bond motifs is 2. The van der Waals surface area contributed by atoms with Gasteiger partial charge in [-0.15, -0.1) is 0 Å². The second-order valence-corrected chi connectivity index (χ2v) is 19.5. The van der Waals surface area contributed by atoms with Gasteiger partial charge in [-0.1, -0.05) is 72.8 Å². The van der Waals surface area contributed by atoms with Gasteiger partial charge in [-0.2, -0.15) is 19.2 Å². The van der Waals surface area contributed by atoms with Gasteiger partial charge in [-0.05, 0) is 98.1 Å². The average molecular weight is 967 g/mol. The van der Waals surface area contributed by atoms with Gasteiger partial charge in [-0.25, -0.2) is 9.97 Å². The minimum Gasteiger partial charge on any atom is -0.481 e. The Morgan fingerprint density at radius 2 is 1.00 bits per heavy atom. The van der Waals surface area contributed by atoms with Crippen LogP contribution in [0.2, 0.25) is 0 Å². The number of anilines is 2. The molecule has 2 saturated carbocycles. The van der Waals surface area contributed by atoms with Gasteiger partial charge in [0.15, 0.2) is 22.9 Å². The van der Waals surface area contributed by atoms with E-state index in [-0.39, 0.29) is 41.0 Å². The molecule has 10 rings (SSSR count). The Bertz CT molecular complexity index is 3320. The number of aliphatic carboxylic acids is 1. The van der Waals surface area contributed by atoms with Gasteiger partial charge in [0.2, 0.25) is 0 Å². The normalized spacial score (nSPS) is 19.8. The molecule has 16 heteroatoms. The van der Waals surface area contributed by atoms with Gasteiger partial charge in [0, 0.05) is 57.6 Å². The van der Waals surface area contributed by atoms with E-state index in [1.807, 2.05) is 98.8 Å². The molecule has 0 unspecified atom stereocenters. The first-order valence-corrected chi connectivity index (χ1v) is 24.4. The number of rotatable bonds is 11. The number of esters is 1. The van der Waals surface area contributed by atoms with Crippen LogP contribution in [0.1, 0.15) is 130 Å². The molecule has 0 aliphatic heterocycles.